The zero-order chi connectivity index (χ0) is 17.8. The Balaban J connectivity index is 1.73. The number of hydrogen-bond donors (Lipinski definition) is 1. The Morgan fingerprint density at radius 2 is 1.92 bits per heavy atom. The molecule has 0 aliphatic heterocycles. The number of nitrogens with one attached hydrogen (secondary N) is 1. The maximum absolute atomic E-state index is 13.0. The van der Waals surface area contributed by atoms with Crippen LogP contribution in [0.1, 0.15) is 32.6 Å². The van der Waals surface area contributed by atoms with E-state index < -0.39 is 0 Å². The molecule has 1 N–H and O–H groups in total. The van der Waals surface area contributed by atoms with Gasteiger partial charge in [0.1, 0.15) is 12.4 Å². The molecule has 3 rings (SSSR count). The van der Waals surface area contributed by atoms with Gasteiger partial charge in [0.2, 0.25) is 5.91 Å². The largest absolute Gasteiger partial charge is 0.351 e. The van der Waals surface area contributed by atoms with Crippen LogP contribution in [0.25, 0.3) is 11.3 Å². The number of nitrogens with zero attached hydrogens (tertiary/aromatic N) is 2. The van der Waals surface area contributed by atoms with Crippen LogP contribution in [0.15, 0.2) is 41.2 Å². The molecule has 2 atom stereocenters. The number of hydrogen-bond acceptors (Lipinski definition) is 3. The molecule has 1 aromatic heterocycles. The Labute approximate surface area is 145 Å². The first-order valence-electron chi connectivity index (χ1n) is 8.66. The number of halogens is 1. The number of carbonyl (C=O) groups excluding carboxylic acids is 1. The van der Waals surface area contributed by atoms with Gasteiger partial charge in [-0.05, 0) is 49.1 Å². The van der Waals surface area contributed by atoms with Crippen LogP contribution in [0, 0.1) is 11.7 Å². The summed E-state index contributed by atoms with van der Waals surface area (Å²) >= 11 is 0. The number of benzene rings is 1. The molecule has 6 heteroatoms. The molecule has 0 spiro atoms. The SMILES string of the molecule is C[C@H]1CCCC[C@H]1NC(=O)Cn1nc(-c2ccc(F)cc2)ccc1=O. The van der Waals surface area contributed by atoms with Crippen LogP contribution in [0.4, 0.5) is 4.39 Å². The number of carbonyl (C=O) groups is 1. The van der Waals surface area contributed by atoms with Gasteiger partial charge < -0.3 is 5.32 Å². The first kappa shape index (κ1) is 17.3. The molecule has 1 aromatic carbocycles. The van der Waals surface area contributed by atoms with Crippen LogP contribution in [0.3, 0.4) is 0 Å². The molecular formula is C19H22FN3O2. The van der Waals surface area contributed by atoms with Crippen LogP contribution in [-0.2, 0) is 11.3 Å². The Bertz CT molecular complexity index is 801. The third-order valence-electron chi connectivity index (χ3n) is 4.76. The van der Waals surface area contributed by atoms with Crippen LogP contribution < -0.4 is 10.9 Å². The lowest BCUT2D eigenvalue weighted by Gasteiger charge is -2.29. The summed E-state index contributed by atoms with van der Waals surface area (Å²) in [7, 11) is 0. The lowest BCUT2D eigenvalue weighted by Crippen LogP contribution is -2.43. The summed E-state index contributed by atoms with van der Waals surface area (Å²) in [5.74, 6) is -0.0874. The van der Waals surface area contributed by atoms with E-state index in [9.17, 15) is 14.0 Å². The van der Waals surface area contributed by atoms with Crippen molar-refractivity contribution in [3.8, 4) is 11.3 Å². The molecule has 1 saturated carbocycles. The predicted molar refractivity (Wildman–Crippen MR) is 93.5 cm³/mol. The third-order valence-corrected chi connectivity index (χ3v) is 4.76. The second-order valence-electron chi connectivity index (χ2n) is 6.66. The minimum Gasteiger partial charge on any atom is -0.351 e. The fraction of sp³-hybridized carbons (Fsp3) is 0.421. The van der Waals surface area contributed by atoms with E-state index in [1.165, 1.54) is 24.6 Å². The maximum atomic E-state index is 13.0. The van der Waals surface area contributed by atoms with E-state index in [0.29, 0.717) is 17.2 Å². The van der Waals surface area contributed by atoms with Gasteiger partial charge in [-0.3, -0.25) is 9.59 Å². The molecule has 0 unspecified atom stereocenters. The van der Waals surface area contributed by atoms with E-state index in [2.05, 4.69) is 17.3 Å². The lowest BCUT2D eigenvalue weighted by molar-refractivity contribution is -0.123. The highest BCUT2D eigenvalue weighted by Gasteiger charge is 2.23. The summed E-state index contributed by atoms with van der Waals surface area (Å²) in [4.78, 5) is 24.3. The van der Waals surface area contributed by atoms with Crippen molar-refractivity contribution in [3.63, 3.8) is 0 Å². The van der Waals surface area contributed by atoms with Crippen LogP contribution in [-0.4, -0.2) is 21.7 Å². The Morgan fingerprint density at radius 1 is 1.20 bits per heavy atom. The molecule has 2 aromatic rings. The summed E-state index contributed by atoms with van der Waals surface area (Å²) in [6, 6.07) is 8.98. The smallest absolute Gasteiger partial charge is 0.267 e. The molecular weight excluding hydrogens is 321 g/mol. The second kappa shape index (κ2) is 7.59. The Kier molecular flexibility index (Phi) is 5.26. The van der Waals surface area contributed by atoms with Crippen LogP contribution >= 0.6 is 0 Å². The molecule has 0 radical (unpaired) electrons. The number of amides is 1. The molecule has 1 heterocycles. The zero-order valence-corrected chi connectivity index (χ0v) is 14.2. The van der Waals surface area contributed by atoms with Gasteiger partial charge in [0, 0.05) is 17.7 Å². The highest BCUT2D eigenvalue weighted by Crippen LogP contribution is 2.23. The molecule has 5 nitrogen and oxygen atoms in total. The minimum absolute atomic E-state index is 0.114. The molecule has 1 amide bonds. The molecule has 1 fully saturated rings. The van der Waals surface area contributed by atoms with Gasteiger partial charge in [-0.1, -0.05) is 19.8 Å². The van der Waals surface area contributed by atoms with Crippen molar-refractivity contribution in [1.29, 1.82) is 0 Å². The molecule has 0 bridgehead atoms. The van der Waals surface area contributed by atoms with Gasteiger partial charge in [0.05, 0.1) is 5.69 Å². The first-order valence-corrected chi connectivity index (χ1v) is 8.66. The fourth-order valence-corrected chi connectivity index (χ4v) is 3.26. The summed E-state index contributed by atoms with van der Waals surface area (Å²) in [6.07, 6.45) is 4.41. The zero-order valence-electron chi connectivity index (χ0n) is 14.2. The lowest BCUT2D eigenvalue weighted by atomic mass is 9.86. The normalized spacial score (nSPS) is 20.2. The van der Waals surface area contributed by atoms with Crippen molar-refractivity contribution in [2.45, 2.75) is 45.2 Å². The molecule has 132 valence electrons. The maximum Gasteiger partial charge on any atom is 0.267 e. The standard InChI is InChI=1S/C19H22FN3O2/c1-13-4-2-3-5-16(13)21-18(24)12-23-19(25)11-10-17(22-23)14-6-8-15(20)9-7-14/h6-11,13,16H,2-5,12H2,1H3,(H,21,24)/t13-,16+/m0/s1. The summed E-state index contributed by atoms with van der Waals surface area (Å²) in [6.45, 7) is 2.03. The Hall–Kier alpha value is -2.50. The van der Waals surface area contributed by atoms with E-state index in [-0.39, 0.29) is 29.9 Å². The van der Waals surface area contributed by atoms with E-state index in [0.717, 1.165) is 23.9 Å². The molecule has 25 heavy (non-hydrogen) atoms. The highest BCUT2D eigenvalue weighted by molar-refractivity contribution is 5.76. The van der Waals surface area contributed by atoms with Gasteiger partial charge in [-0.25, -0.2) is 9.07 Å². The number of rotatable bonds is 4. The Morgan fingerprint density at radius 3 is 2.64 bits per heavy atom. The quantitative estimate of drug-likeness (QED) is 0.928. The van der Waals surface area contributed by atoms with Gasteiger partial charge in [0.25, 0.3) is 5.56 Å². The second-order valence-corrected chi connectivity index (χ2v) is 6.66. The number of aromatic nitrogens is 2. The first-order chi connectivity index (χ1) is 12.0. The molecule has 1 aliphatic rings. The van der Waals surface area contributed by atoms with Gasteiger partial charge in [0.15, 0.2) is 0 Å². The van der Waals surface area contributed by atoms with Crippen molar-refractivity contribution < 1.29 is 9.18 Å². The van der Waals surface area contributed by atoms with E-state index in [4.69, 9.17) is 0 Å². The summed E-state index contributed by atoms with van der Waals surface area (Å²) < 4.78 is 14.2. The van der Waals surface area contributed by atoms with Crippen LogP contribution in [0.5, 0.6) is 0 Å². The monoisotopic (exact) mass is 343 g/mol. The third kappa shape index (κ3) is 4.32. The van der Waals surface area contributed by atoms with Crippen molar-refractivity contribution in [3.05, 3.63) is 52.6 Å². The van der Waals surface area contributed by atoms with Crippen molar-refractivity contribution in [2.75, 3.05) is 0 Å². The van der Waals surface area contributed by atoms with E-state index in [1.807, 2.05) is 0 Å². The van der Waals surface area contributed by atoms with Gasteiger partial charge in [-0.15, -0.1) is 0 Å². The van der Waals surface area contributed by atoms with Gasteiger partial charge in [-0.2, -0.15) is 5.10 Å². The van der Waals surface area contributed by atoms with Crippen molar-refractivity contribution in [2.24, 2.45) is 5.92 Å². The van der Waals surface area contributed by atoms with Crippen molar-refractivity contribution >= 4 is 5.91 Å². The van der Waals surface area contributed by atoms with Crippen LogP contribution in [0.2, 0.25) is 0 Å². The molecule has 0 saturated heterocycles. The van der Waals surface area contributed by atoms with E-state index >= 15 is 0 Å². The average Bonchev–Trinajstić information content (AvgIpc) is 2.60. The minimum atomic E-state index is -0.335. The summed E-state index contributed by atoms with van der Waals surface area (Å²) in [5, 5.41) is 7.27. The predicted octanol–water partition coefficient (Wildman–Crippen LogP) is 2.74. The average molecular weight is 343 g/mol. The van der Waals surface area contributed by atoms with Gasteiger partial charge >= 0.3 is 0 Å². The fourth-order valence-electron chi connectivity index (χ4n) is 3.26. The highest BCUT2D eigenvalue weighted by atomic mass is 19.1. The summed E-state index contributed by atoms with van der Waals surface area (Å²) in [5.41, 5.74) is 0.882. The topological polar surface area (TPSA) is 64.0 Å². The van der Waals surface area contributed by atoms with Crippen molar-refractivity contribution in [1.82, 2.24) is 15.1 Å². The molecule has 1 aliphatic carbocycles. The van der Waals surface area contributed by atoms with E-state index in [1.54, 1.807) is 18.2 Å².